The summed E-state index contributed by atoms with van der Waals surface area (Å²) < 4.78 is 1.28. The summed E-state index contributed by atoms with van der Waals surface area (Å²) in [5.74, 6) is 0.790. The van der Waals surface area contributed by atoms with Crippen molar-refractivity contribution in [3.05, 3.63) is 34.2 Å². The first kappa shape index (κ1) is 14.3. The van der Waals surface area contributed by atoms with Crippen molar-refractivity contribution in [1.82, 2.24) is 4.90 Å². The third kappa shape index (κ3) is 2.73. The number of nitrogens with two attached hydrogens (primary N) is 1. The number of benzene rings is 1. The van der Waals surface area contributed by atoms with Crippen molar-refractivity contribution in [1.29, 1.82) is 0 Å². The molecule has 0 saturated carbocycles. The first-order valence-corrected chi connectivity index (χ1v) is 8.48. The summed E-state index contributed by atoms with van der Waals surface area (Å²) in [5, 5.41) is 2.11. The molecule has 1 saturated heterocycles. The summed E-state index contributed by atoms with van der Waals surface area (Å²) in [6.07, 6.45) is 2.47. The molecule has 20 heavy (non-hydrogen) atoms. The number of likely N-dealkylation sites (tertiary alicyclic amines) is 1. The van der Waals surface area contributed by atoms with Crippen molar-refractivity contribution < 1.29 is 0 Å². The van der Waals surface area contributed by atoms with Crippen LogP contribution in [0.25, 0.3) is 10.1 Å². The fraction of sp³-hybridized carbons (Fsp3) is 0.500. The van der Waals surface area contributed by atoms with E-state index in [1.54, 1.807) is 0 Å². The molecule has 2 atom stereocenters. The predicted octanol–water partition coefficient (Wildman–Crippen LogP) is 4.11. The van der Waals surface area contributed by atoms with Gasteiger partial charge in [-0.05, 0) is 31.4 Å². The Morgan fingerprint density at radius 1 is 1.40 bits per heavy atom. The summed E-state index contributed by atoms with van der Waals surface area (Å²) in [6, 6.07) is 8.88. The van der Waals surface area contributed by atoms with Gasteiger partial charge in [0.1, 0.15) is 0 Å². The zero-order valence-electron chi connectivity index (χ0n) is 11.8. The molecule has 0 amide bonds. The van der Waals surface area contributed by atoms with Crippen LogP contribution in [0, 0.1) is 5.92 Å². The van der Waals surface area contributed by atoms with E-state index in [0.717, 1.165) is 30.6 Å². The van der Waals surface area contributed by atoms with Gasteiger partial charge in [0.25, 0.3) is 0 Å². The topological polar surface area (TPSA) is 29.3 Å². The van der Waals surface area contributed by atoms with Crippen LogP contribution in [0.5, 0.6) is 0 Å². The smallest absolute Gasteiger partial charge is 0.0637 e. The summed E-state index contributed by atoms with van der Waals surface area (Å²) >= 11 is 8.36. The Labute approximate surface area is 129 Å². The van der Waals surface area contributed by atoms with Gasteiger partial charge in [0.2, 0.25) is 0 Å². The van der Waals surface area contributed by atoms with E-state index in [1.807, 2.05) is 11.3 Å². The van der Waals surface area contributed by atoms with Gasteiger partial charge in [0, 0.05) is 34.1 Å². The van der Waals surface area contributed by atoms with E-state index < -0.39 is 0 Å². The van der Waals surface area contributed by atoms with Crippen molar-refractivity contribution in [2.45, 2.75) is 32.4 Å². The van der Waals surface area contributed by atoms with Gasteiger partial charge in [-0.2, -0.15) is 0 Å². The van der Waals surface area contributed by atoms with E-state index >= 15 is 0 Å². The van der Waals surface area contributed by atoms with Crippen LogP contribution < -0.4 is 5.73 Å². The highest BCUT2D eigenvalue weighted by atomic mass is 35.5. The highest BCUT2D eigenvalue weighted by molar-refractivity contribution is 7.19. The molecule has 0 radical (unpaired) electrons. The van der Waals surface area contributed by atoms with Crippen LogP contribution in [0.1, 0.15) is 24.6 Å². The molecule has 0 aliphatic carbocycles. The third-order valence-electron chi connectivity index (χ3n) is 4.32. The number of fused-ring (bicyclic) bond motifs is 1. The lowest BCUT2D eigenvalue weighted by Gasteiger charge is -2.37. The van der Waals surface area contributed by atoms with E-state index in [2.05, 4.69) is 36.1 Å². The average molecular weight is 309 g/mol. The van der Waals surface area contributed by atoms with Crippen LogP contribution in [-0.4, -0.2) is 24.0 Å². The Morgan fingerprint density at radius 3 is 2.95 bits per heavy atom. The molecule has 108 valence electrons. The molecule has 4 heteroatoms. The van der Waals surface area contributed by atoms with Crippen molar-refractivity contribution >= 4 is 33.0 Å². The van der Waals surface area contributed by atoms with Crippen LogP contribution in [0.15, 0.2) is 24.3 Å². The molecule has 1 fully saturated rings. The molecule has 1 aromatic carbocycles. The number of rotatable bonds is 3. The van der Waals surface area contributed by atoms with Gasteiger partial charge in [0.15, 0.2) is 0 Å². The normalized spacial score (nSPS) is 24.4. The highest BCUT2D eigenvalue weighted by Crippen LogP contribution is 2.37. The van der Waals surface area contributed by atoms with Crippen molar-refractivity contribution in [2.24, 2.45) is 11.7 Å². The zero-order valence-corrected chi connectivity index (χ0v) is 13.4. The molecule has 1 aromatic heterocycles. The lowest BCUT2D eigenvalue weighted by Crippen LogP contribution is -2.45. The second kappa shape index (κ2) is 6.02. The molecule has 2 nitrogen and oxygen atoms in total. The number of halogens is 1. The van der Waals surface area contributed by atoms with Gasteiger partial charge in [-0.15, -0.1) is 11.3 Å². The van der Waals surface area contributed by atoms with Gasteiger partial charge in [-0.1, -0.05) is 36.7 Å². The minimum Gasteiger partial charge on any atom is -0.329 e. The fourth-order valence-corrected chi connectivity index (χ4v) is 4.62. The number of nitrogens with zero attached hydrogens (tertiary/aromatic N) is 1. The van der Waals surface area contributed by atoms with E-state index in [4.69, 9.17) is 17.3 Å². The largest absolute Gasteiger partial charge is 0.329 e. The van der Waals surface area contributed by atoms with Gasteiger partial charge < -0.3 is 5.73 Å². The second-order valence-corrected chi connectivity index (χ2v) is 7.34. The molecule has 0 bridgehead atoms. The Balaban J connectivity index is 1.83. The molecular formula is C16H21ClN2S. The SMILES string of the molecule is CC1CCN(Cc2sc3ccccc3c2Cl)C(CN)C1. The maximum atomic E-state index is 6.55. The van der Waals surface area contributed by atoms with E-state index in [9.17, 15) is 0 Å². The summed E-state index contributed by atoms with van der Waals surface area (Å²) in [4.78, 5) is 3.79. The molecule has 2 heterocycles. The van der Waals surface area contributed by atoms with Crippen LogP contribution in [0.4, 0.5) is 0 Å². The van der Waals surface area contributed by atoms with Gasteiger partial charge in [-0.25, -0.2) is 0 Å². The Bertz CT molecular complexity index is 595. The van der Waals surface area contributed by atoms with Crippen LogP contribution >= 0.6 is 22.9 Å². The molecule has 3 rings (SSSR count). The maximum Gasteiger partial charge on any atom is 0.0637 e. The minimum atomic E-state index is 0.500. The first-order chi connectivity index (χ1) is 9.69. The second-order valence-electron chi connectivity index (χ2n) is 5.82. The third-order valence-corrected chi connectivity index (χ3v) is 6.02. The zero-order chi connectivity index (χ0) is 14.1. The van der Waals surface area contributed by atoms with Crippen LogP contribution in [0.3, 0.4) is 0 Å². The van der Waals surface area contributed by atoms with Crippen molar-refractivity contribution in [3.8, 4) is 0 Å². The standard InChI is InChI=1S/C16H21ClN2S/c1-11-6-7-19(12(8-11)9-18)10-15-16(17)13-4-2-3-5-14(13)20-15/h2-5,11-12H,6-10,18H2,1H3. The van der Waals surface area contributed by atoms with E-state index in [1.165, 1.54) is 27.8 Å². The summed E-state index contributed by atoms with van der Waals surface area (Å²) in [6.45, 7) is 5.14. The fourth-order valence-electron chi connectivity index (χ4n) is 3.10. The predicted molar refractivity (Wildman–Crippen MR) is 88.5 cm³/mol. The Morgan fingerprint density at radius 2 is 2.20 bits per heavy atom. The van der Waals surface area contributed by atoms with Gasteiger partial charge in [0.05, 0.1) is 5.02 Å². The summed E-state index contributed by atoms with van der Waals surface area (Å²) in [7, 11) is 0. The highest BCUT2D eigenvalue weighted by Gasteiger charge is 2.26. The number of thiophene rings is 1. The molecule has 0 spiro atoms. The summed E-state index contributed by atoms with van der Waals surface area (Å²) in [5.41, 5.74) is 5.95. The molecule has 2 N–H and O–H groups in total. The Hall–Kier alpha value is -0.610. The number of hydrogen-bond acceptors (Lipinski definition) is 3. The Kier molecular flexibility index (Phi) is 4.32. The van der Waals surface area contributed by atoms with Crippen molar-refractivity contribution in [3.63, 3.8) is 0 Å². The van der Waals surface area contributed by atoms with E-state index in [-0.39, 0.29) is 0 Å². The molecular weight excluding hydrogens is 288 g/mol. The van der Waals surface area contributed by atoms with Gasteiger partial charge in [-0.3, -0.25) is 4.90 Å². The first-order valence-electron chi connectivity index (χ1n) is 7.29. The quantitative estimate of drug-likeness (QED) is 0.924. The number of hydrogen-bond donors (Lipinski definition) is 1. The van der Waals surface area contributed by atoms with Gasteiger partial charge >= 0.3 is 0 Å². The molecule has 1 aliphatic heterocycles. The van der Waals surface area contributed by atoms with E-state index in [0.29, 0.717) is 6.04 Å². The molecule has 1 aliphatic rings. The number of piperidine rings is 1. The van der Waals surface area contributed by atoms with Crippen LogP contribution in [-0.2, 0) is 6.54 Å². The molecule has 2 aromatic rings. The minimum absolute atomic E-state index is 0.500. The lowest BCUT2D eigenvalue weighted by atomic mass is 9.92. The monoisotopic (exact) mass is 308 g/mol. The maximum absolute atomic E-state index is 6.55. The average Bonchev–Trinajstić information content (AvgIpc) is 2.78. The lowest BCUT2D eigenvalue weighted by molar-refractivity contribution is 0.116. The molecule has 2 unspecified atom stereocenters. The van der Waals surface area contributed by atoms with Crippen LogP contribution in [0.2, 0.25) is 5.02 Å². The van der Waals surface area contributed by atoms with Crippen molar-refractivity contribution in [2.75, 3.05) is 13.1 Å².